The van der Waals surface area contributed by atoms with Crippen LogP contribution in [0, 0.1) is 0 Å². The first kappa shape index (κ1) is 8.93. The predicted octanol–water partition coefficient (Wildman–Crippen LogP) is 3.62. The van der Waals surface area contributed by atoms with Gasteiger partial charge in [0.25, 0.3) is 0 Å². The molecule has 0 unspecified atom stereocenters. The third-order valence-electron chi connectivity index (χ3n) is 2.95. The van der Waals surface area contributed by atoms with Gasteiger partial charge >= 0.3 is 0 Å². The molecule has 0 saturated carbocycles. The van der Waals surface area contributed by atoms with E-state index in [9.17, 15) is 4.79 Å². The van der Waals surface area contributed by atoms with E-state index < -0.39 is 0 Å². The van der Waals surface area contributed by atoms with Crippen LogP contribution in [0.1, 0.15) is 22.3 Å². The fourth-order valence-corrected chi connectivity index (χ4v) is 2.35. The SMILES string of the molecule is O=C1CCc2cc3cc(Cl)ccc3cc21. The van der Waals surface area contributed by atoms with Crippen LogP contribution in [0.25, 0.3) is 10.8 Å². The number of Topliss-reactive ketones (excluding diaryl/α,β-unsaturated/α-hetero) is 1. The second-order valence-corrected chi connectivity index (χ2v) is 4.36. The van der Waals surface area contributed by atoms with Crippen LogP contribution in [0.15, 0.2) is 30.3 Å². The monoisotopic (exact) mass is 216 g/mol. The second kappa shape index (κ2) is 3.07. The zero-order valence-corrected chi connectivity index (χ0v) is 8.84. The molecule has 0 bridgehead atoms. The van der Waals surface area contributed by atoms with Crippen LogP contribution in [0.3, 0.4) is 0 Å². The van der Waals surface area contributed by atoms with Gasteiger partial charge in [-0.3, -0.25) is 4.79 Å². The Morgan fingerprint density at radius 2 is 1.87 bits per heavy atom. The molecule has 15 heavy (non-hydrogen) atoms. The van der Waals surface area contributed by atoms with Crippen LogP contribution in [-0.2, 0) is 6.42 Å². The van der Waals surface area contributed by atoms with Crippen LogP contribution in [0.2, 0.25) is 5.02 Å². The van der Waals surface area contributed by atoms with Crippen molar-refractivity contribution in [3.05, 3.63) is 46.5 Å². The Bertz CT molecular complexity index is 572. The quantitative estimate of drug-likeness (QED) is 0.657. The van der Waals surface area contributed by atoms with E-state index in [0.29, 0.717) is 6.42 Å². The molecule has 1 nitrogen and oxygen atoms in total. The lowest BCUT2D eigenvalue weighted by molar-refractivity contribution is 0.0994. The van der Waals surface area contributed by atoms with Crippen molar-refractivity contribution in [2.24, 2.45) is 0 Å². The minimum atomic E-state index is 0.266. The van der Waals surface area contributed by atoms with E-state index in [-0.39, 0.29) is 5.78 Å². The minimum Gasteiger partial charge on any atom is -0.294 e. The van der Waals surface area contributed by atoms with Crippen LogP contribution in [-0.4, -0.2) is 5.78 Å². The number of rotatable bonds is 0. The van der Waals surface area contributed by atoms with Gasteiger partial charge in [-0.2, -0.15) is 0 Å². The molecule has 0 fully saturated rings. The van der Waals surface area contributed by atoms with Gasteiger partial charge in [0.1, 0.15) is 0 Å². The zero-order chi connectivity index (χ0) is 10.4. The van der Waals surface area contributed by atoms with Crippen molar-refractivity contribution in [1.29, 1.82) is 0 Å². The molecule has 74 valence electrons. The van der Waals surface area contributed by atoms with E-state index in [4.69, 9.17) is 11.6 Å². The molecule has 1 aliphatic rings. The summed E-state index contributed by atoms with van der Waals surface area (Å²) in [4.78, 5) is 11.6. The molecule has 0 aromatic heterocycles. The minimum absolute atomic E-state index is 0.266. The number of halogens is 1. The highest BCUT2D eigenvalue weighted by Gasteiger charge is 2.19. The summed E-state index contributed by atoms with van der Waals surface area (Å²) >= 11 is 5.93. The topological polar surface area (TPSA) is 17.1 Å². The summed E-state index contributed by atoms with van der Waals surface area (Å²) in [5, 5.41) is 2.95. The molecule has 0 heterocycles. The largest absolute Gasteiger partial charge is 0.294 e. The average molecular weight is 217 g/mol. The lowest BCUT2D eigenvalue weighted by Gasteiger charge is -2.02. The average Bonchev–Trinajstić information content (AvgIpc) is 2.57. The van der Waals surface area contributed by atoms with Crippen molar-refractivity contribution >= 4 is 28.2 Å². The Kier molecular flexibility index (Phi) is 1.83. The third-order valence-corrected chi connectivity index (χ3v) is 3.18. The molecule has 0 spiro atoms. The fourth-order valence-electron chi connectivity index (χ4n) is 2.16. The van der Waals surface area contributed by atoms with Crippen LogP contribution in [0.4, 0.5) is 0 Å². The fraction of sp³-hybridized carbons (Fsp3) is 0.154. The van der Waals surface area contributed by atoms with Crippen molar-refractivity contribution in [1.82, 2.24) is 0 Å². The Labute approximate surface area is 92.7 Å². The van der Waals surface area contributed by atoms with E-state index in [1.165, 1.54) is 0 Å². The summed E-state index contributed by atoms with van der Waals surface area (Å²) in [5.41, 5.74) is 2.06. The van der Waals surface area contributed by atoms with Crippen LogP contribution in [0.5, 0.6) is 0 Å². The first-order valence-corrected chi connectivity index (χ1v) is 5.37. The molecule has 0 radical (unpaired) electrons. The van der Waals surface area contributed by atoms with Gasteiger partial charge in [0.15, 0.2) is 5.78 Å². The Hall–Kier alpha value is -1.34. The van der Waals surface area contributed by atoms with Gasteiger partial charge in [0.05, 0.1) is 0 Å². The molecular weight excluding hydrogens is 208 g/mol. The van der Waals surface area contributed by atoms with E-state index in [2.05, 4.69) is 6.07 Å². The molecule has 0 atom stereocenters. The highest BCUT2D eigenvalue weighted by atomic mass is 35.5. The van der Waals surface area contributed by atoms with Crippen LogP contribution < -0.4 is 0 Å². The Morgan fingerprint density at radius 1 is 1.00 bits per heavy atom. The zero-order valence-electron chi connectivity index (χ0n) is 8.09. The Morgan fingerprint density at radius 3 is 2.73 bits per heavy atom. The number of benzene rings is 2. The van der Waals surface area contributed by atoms with Crippen molar-refractivity contribution in [2.75, 3.05) is 0 Å². The van der Waals surface area contributed by atoms with Gasteiger partial charge in [-0.05, 0) is 41.0 Å². The molecular formula is C13H9ClO. The lowest BCUT2D eigenvalue weighted by atomic mass is 10.0. The van der Waals surface area contributed by atoms with E-state index in [1.54, 1.807) is 0 Å². The van der Waals surface area contributed by atoms with Crippen LogP contribution >= 0.6 is 11.6 Å². The second-order valence-electron chi connectivity index (χ2n) is 3.92. The van der Waals surface area contributed by atoms with E-state index in [1.807, 2.05) is 24.3 Å². The maximum absolute atomic E-state index is 11.6. The Balaban J connectivity index is 2.35. The molecule has 3 rings (SSSR count). The molecule has 0 N–H and O–H groups in total. The van der Waals surface area contributed by atoms with Gasteiger partial charge in [0.2, 0.25) is 0 Å². The van der Waals surface area contributed by atoms with Gasteiger partial charge in [-0.25, -0.2) is 0 Å². The predicted molar refractivity (Wildman–Crippen MR) is 61.6 cm³/mol. The van der Waals surface area contributed by atoms with Gasteiger partial charge in [0, 0.05) is 17.0 Å². The van der Waals surface area contributed by atoms with Crippen molar-refractivity contribution in [3.63, 3.8) is 0 Å². The summed E-state index contributed by atoms with van der Waals surface area (Å²) in [5.74, 6) is 0.266. The molecule has 2 aromatic carbocycles. The van der Waals surface area contributed by atoms with Gasteiger partial charge in [-0.1, -0.05) is 23.7 Å². The summed E-state index contributed by atoms with van der Waals surface area (Å²) in [6, 6.07) is 9.83. The lowest BCUT2D eigenvalue weighted by Crippen LogP contribution is -1.90. The molecule has 0 amide bonds. The molecule has 0 aliphatic heterocycles. The van der Waals surface area contributed by atoms with Crippen molar-refractivity contribution in [2.45, 2.75) is 12.8 Å². The highest BCUT2D eigenvalue weighted by molar-refractivity contribution is 6.31. The summed E-state index contributed by atoms with van der Waals surface area (Å²) < 4.78 is 0. The maximum Gasteiger partial charge on any atom is 0.163 e. The third kappa shape index (κ3) is 1.35. The smallest absolute Gasteiger partial charge is 0.163 e. The van der Waals surface area contributed by atoms with E-state index >= 15 is 0 Å². The van der Waals surface area contributed by atoms with E-state index in [0.717, 1.165) is 33.3 Å². The number of aryl methyl sites for hydroxylation is 1. The van der Waals surface area contributed by atoms with Crippen molar-refractivity contribution in [3.8, 4) is 0 Å². The van der Waals surface area contributed by atoms with Gasteiger partial charge in [-0.15, -0.1) is 0 Å². The number of hydrogen-bond acceptors (Lipinski definition) is 1. The molecule has 0 saturated heterocycles. The summed E-state index contributed by atoms with van der Waals surface area (Å²) in [6.07, 6.45) is 1.52. The highest BCUT2D eigenvalue weighted by Crippen LogP contribution is 2.28. The van der Waals surface area contributed by atoms with Crippen molar-refractivity contribution < 1.29 is 4.79 Å². The molecule has 2 heteroatoms. The maximum atomic E-state index is 11.6. The summed E-state index contributed by atoms with van der Waals surface area (Å²) in [7, 11) is 0. The first-order chi connectivity index (χ1) is 7.24. The first-order valence-electron chi connectivity index (χ1n) is 4.99. The molecule has 1 aliphatic carbocycles. The van der Waals surface area contributed by atoms with Gasteiger partial charge < -0.3 is 0 Å². The number of carbonyl (C=O) groups is 1. The molecule has 2 aromatic rings. The number of ketones is 1. The number of carbonyl (C=O) groups excluding carboxylic acids is 1. The number of fused-ring (bicyclic) bond motifs is 2. The number of hydrogen-bond donors (Lipinski definition) is 0. The normalized spacial score (nSPS) is 14.6. The standard InChI is InChI=1S/C13H9ClO/c14-11-3-1-8-7-12-9(2-4-13(12)15)5-10(8)6-11/h1,3,5-7H,2,4H2. The summed E-state index contributed by atoms with van der Waals surface area (Å²) in [6.45, 7) is 0.